The number of oxazole rings is 1. The molecule has 10 heteroatoms. The maximum absolute atomic E-state index is 12.7. The second-order valence-electron chi connectivity index (χ2n) is 6.81. The fourth-order valence-corrected chi connectivity index (χ4v) is 4.61. The molecule has 1 amide bonds. The number of carbonyl (C=O) groups excluding carboxylic acids is 1. The van der Waals surface area contributed by atoms with Crippen molar-refractivity contribution in [2.75, 3.05) is 17.6 Å². The van der Waals surface area contributed by atoms with E-state index in [1.165, 1.54) is 23.9 Å². The van der Waals surface area contributed by atoms with Crippen LogP contribution in [0.1, 0.15) is 26.7 Å². The maximum atomic E-state index is 12.7. The van der Waals surface area contributed by atoms with Crippen LogP contribution in [0, 0.1) is 0 Å². The second-order valence-corrected chi connectivity index (χ2v) is 9.42. The van der Waals surface area contributed by atoms with Gasteiger partial charge in [-0.05, 0) is 55.3 Å². The van der Waals surface area contributed by atoms with E-state index in [1.54, 1.807) is 37.4 Å². The molecule has 3 rings (SSSR count). The van der Waals surface area contributed by atoms with E-state index in [0.29, 0.717) is 27.8 Å². The highest BCUT2D eigenvalue weighted by molar-refractivity contribution is 7.99. The van der Waals surface area contributed by atoms with Gasteiger partial charge in [0, 0.05) is 11.7 Å². The quantitative estimate of drug-likeness (QED) is 0.437. The van der Waals surface area contributed by atoms with Crippen LogP contribution in [-0.4, -0.2) is 38.2 Å². The van der Waals surface area contributed by atoms with Gasteiger partial charge in [-0.1, -0.05) is 25.6 Å². The molecule has 0 aliphatic rings. The summed E-state index contributed by atoms with van der Waals surface area (Å²) in [4.78, 5) is 16.4. The number of amides is 1. The van der Waals surface area contributed by atoms with Crippen LogP contribution in [0.15, 0.2) is 57.0 Å². The lowest BCUT2D eigenvalue weighted by atomic mass is 10.2. The number of benzene rings is 2. The number of hydrogen-bond donors (Lipinski definition) is 2. The van der Waals surface area contributed by atoms with Crippen LogP contribution in [0.25, 0.3) is 11.1 Å². The highest BCUT2D eigenvalue weighted by atomic mass is 32.2. The second kappa shape index (κ2) is 10.1. The average Bonchev–Trinajstić information content (AvgIpc) is 3.18. The summed E-state index contributed by atoms with van der Waals surface area (Å²) >= 11 is 1.17. The Morgan fingerprint density at radius 1 is 1.16 bits per heavy atom. The first-order chi connectivity index (χ1) is 14.8. The standard InChI is InChI=1S/C21H25N3O5S2/c1-4-14(5-2)22-20(25)13-30-21-23-18-12-17(10-11-19(18)29-21)31(26,27)24-15-6-8-16(28-3)9-7-15/h6-12,14,24H,4-5,13H2,1-3H3,(H,22,25). The summed E-state index contributed by atoms with van der Waals surface area (Å²) in [5.74, 6) is 0.714. The zero-order chi connectivity index (χ0) is 22.4. The van der Waals surface area contributed by atoms with Crippen molar-refractivity contribution in [3.63, 3.8) is 0 Å². The predicted octanol–water partition coefficient (Wildman–Crippen LogP) is 4.03. The number of carbonyl (C=O) groups is 1. The molecular weight excluding hydrogens is 438 g/mol. The van der Waals surface area contributed by atoms with Crippen LogP contribution in [-0.2, 0) is 14.8 Å². The fourth-order valence-electron chi connectivity index (χ4n) is 2.88. The lowest BCUT2D eigenvalue weighted by molar-refractivity contribution is -0.119. The van der Waals surface area contributed by atoms with Gasteiger partial charge < -0.3 is 14.5 Å². The molecule has 2 aromatic carbocycles. The zero-order valence-electron chi connectivity index (χ0n) is 17.5. The van der Waals surface area contributed by atoms with E-state index in [0.717, 1.165) is 12.8 Å². The summed E-state index contributed by atoms with van der Waals surface area (Å²) < 4.78 is 38.7. The van der Waals surface area contributed by atoms with Crippen LogP contribution in [0.4, 0.5) is 5.69 Å². The van der Waals surface area contributed by atoms with Gasteiger partial charge in [-0.25, -0.2) is 13.4 Å². The summed E-state index contributed by atoms with van der Waals surface area (Å²) in [5, 5.41) is 3.27. The van der Waals surface area contributed by atoms with Gasteiger partial charge in [-0.15, -0.1) is 0 Å². The molecule has 0 aliphatic heterocycles. The van der Waals surface area contributed by atoms with Crippen LogP contribution < -0.4 is 14.8 Å². The first-order valence-electron chi connectivity index (χ1n) is 9.84. The molecule has 0 radical (unpaired) electrons. The highest BCUT2D eigenvalue weighted by Crippen LogP contribution is 2.26. The number of anilines is 1. The molecule has 0 spiro atoms. The maximum Gasteiger partial charge on any atom is 0.261 e. The zero-order valence-corrected chi connectivity index (χ0v) is 19.2. The Kier molecular flexibility index (Phi) is 7.45. The van der Waals surface area contributed by atoms with Crippen molar-refractivity contribution in [1.82, 2.24) is 10.3 Å². The van der Waals surface area contributed by atoms with Gasteiger partial charge in [0.25, 0.3) is 15.2 Å². The Balaban J connectivity index is 1.70. The van der Waals surface area contributed by atoms with Gasteiger partial charge >= 0.3 is 0 Å². The topological polar surface area (TPSA) is 111 Å². The molecule has 0 atom stereocenters. The minimum Gasteiger partial charge on any atom is -0.497 e. The highest BCUT2D eigenvalue weighted by Gasteiger charge is 2.18. The SMILES string of the molecule is CCC(CC)NC(=O)CSc1nc2cc(S(=O)(=O)Nc3ccc(OC)cc3)ccc2o1. The molecule has 1 aromatic heterocycles. The Bertz CT molecular complexity index is 1140. The van der Waals surface area contributed by atoms with Crippen LogP contribution in [0.5, 0.6) is 5.75 Å². The van der Waals surface area contributed by atoms with E-state index in [1.807, 2.05) is 13.8 Å². The number of rotatable bonds is 10. The molecule has 8 nitrogen and oxygen atoms in total. The smallest absolute Gasteiger partial charge is 0.261 e. The van der Waals surface area contributed by atoms with E-state index in [-0.39, 0.29) is 22.6 Å². The number of nitrogens with zero attached hydrogens (tertiary/aromatic N) is 1. The molecule has 0 unspecified atom stereocenters. The summed E-state index contributed by atoms with van der Waals surface area (Å²) in [5.41, 5.74) is 1.27. The largest absolute Gasteiger partial charge is 0.497 e. The molecule has 0 bridgehead atoms. The Morgan fingerprint density at radius 2 is 1.87 bits per heavy atom. The number of hydrogen-bond acceptors (Lipinski definition) is 7. The van der Waals surface area contributed by atoms with Gasteiger partial charge in [0.2, 0.25) is 5.91 Å². The molecular formula is C21H25N3O5S2. The molecule has 2 N–H and O–H groups in total. The first-order valence-corrected chi connectivity index (χ1v) is 12.3. The molecule has 0 fully saturated rings. The van der Waals surface area contributed by atoms with Crippen molar-refractivity contribution in [1.29, 1.82) is 0 Å². The molecule has 166 valence electrons. The van der Waals surface area contributed by atoms with Crippen molar-refractivity contribution >= 4 is 44.5 Å². The number of aromatic nitrogens is 1. The van der Waals surface area contributed by atoms with Gasteiger partial charge in [-0.2, -0.15) is 0 Å². The predicted molar refractivity (Wildman–Crippen MR) is 121 cm³/mol. The van der Waals surface area contributed by atoms with Gasteiger partial charge in [0.15, 0.2) is 5.58 Å². The minimum atomic E-state index is -3.80. The number of methoxy groups -OCH3 is 1. The summed E-state index contributed by atoms with van der Waals surface area (Å²) in [6, 6.07) is 11.2. The van der Waals surface area contributed by atoms with Gasteiger partial charge in [-0.3, -0.25) is 9.52 Å². The number of ether oxygens (including phenoxy) is 1. The van der Waals surface area contributed by atoms with Crippen molar-refractivity contribution in [2.24, 2.45) is 0 Å². The van der Waals surface area contributed by atoms with E-state index >= 15 is 0 Å². The van der Waals surface area contributed by atoms with Crippen LogP contribution >= 0.6 is 11.8 Å². The van der Waals surface area contributed by atoms with Gasteiger partial charge in [0.1, 0.15) is 11.3 Å². The van der Waals surface area contributed by atoms with Crippen molar-refractivity contribution in [2.45, 2.75) is 42.8 Å². The summed E-state index contributed by atoms with van der Waals surface area (Å²) in [6.07, 6.45) is 1.75. The van der Waals surface area contributed by atoms with Gasteiger partial charge in [0.05, 0.1) is 17.8 Å². The third kappa shape index (κ3) is 5.92. The third-order valence-corrected chi connectivity index (χ3v) is 6.88. The molecule has 3 aromatic rings. The number of sulfonamides is 1. The molecule has 0 saturated heterocycles. The molecule has 0 aliphatic carbocycles. The number of nitrogens with one attached hydrogen (secondary N) is 2. The van der Waals surface area contributed by atoms with Crippen molar-refractivity contribution in [3.05, 3.63) is 42.5 Å². The monoisotopic (exact) mass is 463 g/mol. The van der Waals surface area contributed by atoms with E-state index in [2.05, 4.69) is 15.0 Å². The van der Waals surface area contributed by atoms with Crippen LogP contribution in [0.3, 0.4) is 0 Å². The lowest BCUT2D eigenvalue weighted by Gasteiger charge is -2.13. The lowest BCUT2D eigenvalue weighted by Crippen LogP contribution is -2.34. The van der Waals surface area contributed by atoms with E-state index in [9.17, 15) is 13.2 Å². The minimum absolute atomic E-state index is 0.0622. The van der Waals surface area contributed by atoms with Crippen LogP contribution in [0.2, 0.25) is 0 Å². The first kappa shape index (κ1) is 23.0. The summed E-state index contributed by atoms with van der Waals surface area (Å²) in [7, 11) is -2.26. The third-order valence-electron chi connectivity index (χ3n) is 4.67. The average molecular weight is 464 g/mol. The Morgan fingerprint density at radius 3 is 2.52 bits per heavy atom. The van der Waals surface area contributed by atoms with Crippen molar-refractivity contribution in [3.8, 4) is 5.75 Å². The molecule has 0 saturated carbocycles. The number of fused-ring (bicyclic) bond motifs is 1. The fraction of sp³-hybridized carbons (Fsp3) is 0.333. The molecule has 31 heavy (non-hydrogen) atoms. The van der Waals surface area contributed by atoms with E-state index in [4.69, 9.17) is 9.15 Å². The Labute approximate surface area is 185 Å². The Hall–Kier alpha value is -2.72. The summed E-state index contributed by atoms with van der Waals surface area (Å²) in [6.45, 7) is 4.05. The normalized spacial score (nSPS) is 11.6. The molecule has 1 heterocycles. The van der Waals surface area contributed by atoms with E-state index < -0.39 is 10.0 Å². The number of thioether (sulfide) groups is 1. The van der Waals surface area contributed by atoms with Crippen molar-refractivity contribution < 1.29 is 22.4 Å².